The fraction of sp³-hybridized carbons (Fsp3) is 0.375. The van der Waals surface area contributed by atoms with E-state index in [9.17, 15) is 9.18 Å². The molecule has 6 heteroatoms. The van der Waals surface area contributed by atoms with Crippen LogP contribution in [-0.4, -0.2) is 47.2 Å². The van der Waals surface area contributed by atoms with Crippen LogP contribution >= 0.6 is 0 Å². The highest BCUT2D eigenvalue weighted by molar-refractivity contribution is 5.92. The highest BCUT2D eigenvalue weighted by atomic mass is 19.1. The van der Waals surface area contributed by atoms with Crippen molar-refractivity contribution >= 4 is 11.6 Å². The number of nitrogens with zero attached hydrogens (tertiary/aromatic N) is 3. The molecule has 0 unspecified atom stereocenters. The number of carbonyl (C=O) groups excluding carboxylic acids is 1. The number of aromatic nitrogens is 2. The Morgan fingerprint density at radius 1 is 1.23 bits per heavy atom. The number of H-pyrrole nitrogens is 1. The number of aromatic amines is 1. The zero-order valence-electron chi connectivity index (χ0n) is 12.6. The Labute approximate surface area is 128 Å². The Balaban J connectivity index is 1.61. The molecular weight excluding hydrogens is 283 g/mol. The van der Waals surface area contributed by atoms with Gasteiger partial charge in [-0.3, -0.25) is 9.89 Å². The topological polar surface area (TPSA) is 52.2 Å². The summed E-state index contributed by atoms with van der Waals surface area (Å²) in [7, 11) is 0. The van der Waals surface area contributed by atoms with Gasteiger partial charge >= 0.3 is 0 Å². The largest absolute Gasteiger partial charge is 0.368 e. The minimum atomic E-state index is -0.233. The van der Waals surface area contributed by atoms with Crippen molar-refractivity contribution in [1.82, 2.24) is 15.1 Å². The Bertz CT molecular complexity index is 644. The number of halogens is 1. The van der Waals surface area contributed by atoms with E-state index in [2.05, 4.69) is 15.1 Å². The number of piperazine rings is 1. The van der Waals surface area contributed by atoms with Crippen molar-refractivity contribution in [2.75, 3.05) is 31.1 Å². The van der Waals surface area contributed by atoms with Crippen molar-refractivity contribution in [1.29, 1.82) is 0 Å². The van der Waals surface area contributed by atoms with E-state index in [4.69, 9.17) is 0 Å². The second-order valence-corrected chi connectivity index (χ2v) is 5.39. The molecule has 2 aromatic rings. The van der Waals surface area contributed by atoms with Crippen LogP contribution in [0.3, 0.4) is 0 Å². The SMILES string of the molecule is CCc1cc(C(=O)N2CCN(c3ccc(F)cc3)CC2)n[nH]1. The Kier molecular flexibility index (Phi) is 4.09. The van der Waals surface area contributed by atoms with Gasteiger partial charge in [-0.15, -0.1) is 0 Å². The predicted molar refractivity (Wildman–Crippen MR) is 82.5 cm³/mol. The number of anilines is 1. The van der Waals surface area contributed by atoms with Gasteiger partial charge in [0, 0.05) is 37.6 Å². The fourth-order valence-corrected chi connectivity index (χ4v) is 2.63. The van der Waals surface area contributed by atoms with Crippen LogP contribution in [0.2, 0.25) is 0 Å². The summed E-state index contributed by atoms with van der Waals surface area (Å²) in [5.41, 5.74) is 2.43. The van der Waals surface area contributed by atoms with Crippen molar-refractivity contribution in [3.8, 4) is 0 Å². The van der Waals surface area contributed by atoms with Gasteiger partial charge in [-0.25, -0.2) is 4.39 Å². The van der Waals surface area contributed by atoms with E-state index >= 15 is 0 Å². The molecule has 1 aliphatic rings. The maximum atomic E-state index is 13.0. The normalized spacial score (nSPS) is 15.2. The number of hydrogen-bond donors (Lipinski definition) is 1. The molecule has 1 N–H and O–H groups in total. The zero-order valence-corrected chi connectivity index (χ0v) is 12.6. The second-order valence-electron chi connectivity index (χ2n) is 5.39. The van der Waals surface area contributed by atoms with Crippen LogP contribution in [0.5, 0.6) is 0 Å². The number of benzene rings is 1. The summed E-state index contributed by atoms with van der Waals surface area (Å²) >= 11 is 0. The minimum Gasteiger partial charge on any atom is -0.368 e. The predicted octanol–water partition coefficient (Wildman–Crippen LogP) is 2.07. The van der Waals surface area contributed by atoms with Crippen molar-refractivity contribution < 1.29 is 9.18 Å². The summed E-state index contributed by atoms with van der Waals surface area (Å²) in [6.07, 6.45) is 0.832. The number of amides is 1. The third-order valence-electron chi connectivity index (χ3n) is 3.99. The highest BCUT2D eigenvalue weighted by Crippen LogP contribution is 2.17. The lowest BCUT2D eigenvalue weighted by Gasteiger charge is -2.35. The van der Waals surface area contributed by atoms with Crippen LogP contribution in [-0.2, 0) is 6.42 Å². The van der Waals surface area contributed by atoms with Gasteiger partial charge in [0.2, 0.25) is 0 Å². The van der Waals surface area contributed by atoms with Gasteiger partial charge in [0.05, 0.1) is 0 Å². The molecule has 0 spiro atoms. The van der Waals surface area contributed by atoms with Crippen LogP contribution in [0.25, 0.3) is 0 Å². The zero-order chi connectivity index (χ0) is 15.5. The monoisotopic (exact) mass is 302 g/mol. The molecule has 3 rings (SSSR count). The number of aryl methyl sites for hydroxylation is 1. The molecule has 1 saturated heterocycles. The Morgan fingerprint density at radius 3 is 2.50 bits per heavy atom. The van der Waals surface area contributed by atoms with Crippen LogP contribution in [0.15, 0.2) is 30.3 Å². The number of rotatable bonds is 3. The minimum absolute atomic E-state index is 0.0327. The lowest BCUT2D eigenvalue weighted by molar-refractivity contribution is 0.0741. The molecule has 2 heterocycles. The molecule has 1 aromatic heterocycles. The van der Waals surface area contributed by atoms with Crippen molar-refractivity contribution in [3.05, 3.63) is 47.5 Å². The van der Waals surface area contributed by atoms with Crippen molar-refractivity contribution in [2.24, 2.45) is 0 Å². The second kappa shape index (κ2) is 6.17. The van der Waals surface area contributed by atoms with Gasteiger partial charge in [0.1, 0.15) is 11.5 Å². The van der Waals surface area contributed by atoms with Gasteiger partial charge in [-0.2, -0.15) is 5.10 Å². The fourth-order valence-electron chi connectivity index (χ4n) is 2.63. The number of nitrogens with one attached hydrogen (secondary N) is 1. The molecule has 0 saturated carbocycles. The summed E-state index contributed by atoms with van der Waals surface area (Å²) in [4.78, 5) is 16.4. The molecule has 0 bridgehead atoms. The molecule has 0 radical (unpaired) electrons. The maximum Gasteiger partial charge on any atom is 0.274 e. The van der Waals surface area contributed by atoms with Crippen molar-refractivity contribution in [3.63, 3.8) is 0 Å². The average Bonchev–Trinajstić information content (AvgIpc) is 3.04. The first-order valence-electron chi connectivity index (χ1n) is 7.51. The highest BCUT2D eigenvalue weighted by Gasteiger charge is 2.23. The molecule has 1 aromatic carbocycles. The first-order valence-corrected chi connectivity index (χ1v) is 7.51. The summed E-state index contributed by atoms with van der Waals surface area (Å²) in [5.74, 6) is -0.266. The van der Waals surface area contributed by atoms with Crippen molar-refractivity contribution in [2.45, 2.75) is 13.3 Å². The first kappa shape index (κ1) is 14.6. The van der Waals surface area contributed by atoms with E-state index in [0.717, 1.165) is 30.9 Å². The molecule has 0 atom stereocenters. The van der Waals surface area contributed by atoms with E-state index < -0.39 is 0 Å². The summed E-state index contributed by atoms with van der Waals surface area (Å²) in [5, 5.41) is 6.95. The van der Waals surface area contributed by atoms with E-state index in [-0.39, 0.29) is 11.7 Å². The molecule has 0 aliphatic carbocycles. The molecule has 116 valence electrons. The van der Waals surface area contributed by atoms with Gasteiger partial charge in [0.25, 0.3) is 5.91 Å². The summed E-state index contributed by atoms with van der Waals surface area (Å²) in [6, 6.07) is 8.28. The third kappa shape index (κ3) is 2.95. The van der Waals surface area contributed by atoms with E-state index in [1.807, 2.05) is 17.9 Å². The molecule has 5 nitrogen and oxygen atoms in total. The van der Waals surface area contributed by atoms with Gasteiger partial charge in [0.15, 0.2) is 0 Å². The smallest absolute Gasteiger partial charge is 0.274 e. The lowest BCUT2D eigenvalue weighted by Crippen LogP contribution is -2.48. The molecule has 1 aliphatic heterocycles. The van der Waals surface area contributed by atoms with Crippen LogP contribution in [0, 0.1) is 5.82 Å². The lowest BCUT2D eigenvalue weighted by atomic mass is 10.2. The van der Waals surface area contributed by atoms with Gasteiger partial charge in [-0.1, -0.05) is 6.92 Å². The number of hydrogen-bond acceptors (Lipinski definition) is 3. The average molecular weight is 302 g/mol. The van der Waals surface area contributed by atoms with Crippen LogP contribution < -0.4 is 4.90 Å². The first-order chi connectivity index (χ1) is 10.7. The van der Waals surface area contributed by atoms with Gasteiger partial charge < -0.3 is 9.80 Å². The maximum absolute atomic E-state index is 13.0. The standard InChI is InChI=1S/C16H19FN4O/c1-2-13-11-15(19-18-13)16(22)21-9-7-20(8-10-21)14-5-3-12(17)4-6-14/h3-6,11H,2,7-10H2,1H3,(H,18,19). The molecular formula is C16H19FN4O. The summed E-state index contributed by atoms with van der Waals surface area (Å²) < 4.78 is 13.0. The summed E-state index contributed by atoms with van der Waals surface area (Å²) in [6.45, 7) is 4.78. The van der Waals surface area contributed by atoms with Gasteiger partial charge in [-0.05, 0) is 36.8 Å². The molecule has 22 heavy (non-hydrogen) atoms. The molecule has 1 amide bonds. The Morgan fingerprint density at radius 2 is 1.91 bits per heavy atom. The van der Waals surface area contributed by atoms with E-state index in [0.29, 0.717) is 18.8 Å². The quantitative estimate of drug-likeness (QED) is 0.944. The number of carbonyl (C=O) groups is 1. The van der Waals surface area contributed by atoms with E-state index in [1.165, 1.54) is 12.1 Å². The molecule has 1 fully saturated rings. The van der Waals surface area contributed by atoms with Crippen LogP contribution in [0.1, 0.15) is 23.1 Å². The third-order valence-corrected chi connectivity index (χ3v) is 3.99. The Hall–Kier alpha value is -2.37. The van der Waals surface area contributed by atoms with E-state index in [1.54, 1.807) is 12.1 Å². The van der Waals surface area contributed by atoms with Crippen LogP contribution in [0.4, 0.5) is 10.1 Å².